The van der Waals surface area contributed by atoms with Gasteiger partial charge >= 0.3 is 58.2 Å². The van der Waals surface area contributed by atoms with E-state index in [1.807, 2.05) is 0 Å². The van der Waals surface area contributed by atoms with Gasteiger partial charge in [-0.25, -0.2) is 0 Å². The SMILES string of the molecule is NC1(C(=O)[O-])CC(=O)NC1=O.[Rb+]. The molecule has 7 heteroatoms. The molecule has 1 atom stereocenters. The van der Waals surface area contributed by atoms with Gasteiger partial charge in [-0.1, -0.05) is 0 Å². The Labute approximate surface area is 117 Å². The first kappa shape index (κ1) is 12.4. The molecule has 3 N–H and O–H groups in total. The molecule has 1 fully saturated rings. The third-order valence-electron chi connectivity index (χ3n) is 1.46. The zero-order valence-electron chi connectivity index (χ0n) is 6.42. The van der Waals surface area contributed by atoms with E-state index in [9.17, 15) is 19.5 Å². The fourth-order valence-corrected chi connectivity index (χ4v) is 0.781. The molecular formula is C5H5N2O4Rb. The quantitative estimate of drug-likeness (QED) is 0.351. The van der Waals surface area contributed by atoms with E-state index in [1.165, 1.54) is 0 Å². The molecule has 1 aliphatic rings. The molecule has 0 aliphatic carbocycles. The summed E-state index contributed by atoms with van der Waals surface area (Å²) in [6, 6.07) is 0. The summed E-state index contributed by atoms with van der Waals surface area (Å²) >= 11 is 0. The fraction of sp³-hybridized carbons (Fsp3) is 0.400. The molecule has 0 aromatic heterocycles. The number of nitrogens with two attached hydrogens (primary N) is 1. The van der Waals surface area contributed by atoms with Gasteiger partial charge in [0.2, 0.25) is 5.91 Å². The smallest absolute Gasteiger partial charge is 0.548 e. The Hall–Kier alpha value is 0.375. The molecule has 1 saturated heterocycles. The molecule has 0 saturated carbocycles. The van der Waals surface area contributed by atoms with Crippen molar-refractivity contribution in [1.29, 1.82) is 0 Å². The Balaban J connectivity index is 0.00000121. The molecule has 2 amide bonds. The number of nitrogens with one attached hydrogen (secondary N) is 1. The van der Waals surface area contributed by atoms with Crippen LogP contribution in [0.2, 0.25) is 0 Å². The summed E-state index contributed by atoms with van der Waals surface area (Å²) in [7, 11) is 0. The van der Waals surface area contributed by atoms with E-state index < -0.39 is 29.7 Å². The zero-order valence-corrected chi connectivity index (χ0v) is 11.3. The van der Waals surface area contributed by atoms with Crippen molar-refractivity contribution in [1.82, 2.24) is 5.32 Å². The number of carbonyl (C=O) groups is 3. The van der Waals surface area contributed by atoms with E-state index in [0.29, 0.717) is 0 Å². The number of imide groups is 1. The molecule has 0 aromatic carbocycles. The maximum atomic E-state index is 10.7. The number of rotatable bonds is 1. The van der Waals surface area contributed by atoms with Crippen LogP contribution < -0.4 is 74.3 Å². The van der Waals surface area contributed by atoms with Crippen molar-refractivity contribution in [2.45, 2.75) is 12.0 Å². The molecule has 0 aromatic rings. The van der Waals surface area contributed by atoms with E-state index >= 15 is 0 Å². The molecule has 0 bridgehead atoms. The van der Waals surface area contributed by atoms with Crippen molar-refractivity contribution < 1.29 is 77.7 Å². The first-order valence-corrected chi connectivity index (χ1v) is 2.81. The molecule has 1 aliphatic heterocycles. The van der Waals surface area contributed by atoms with Crippen LogP contribution in [0.5, 0.6) is 0 Å². The Morgan fingerprint density at radius 3 is 2.25 bits per heavy atom. The Morgan fingerprint density at radius 1 is 1.58 bits per heavy atom. The Bertz CT molecular complexity index is 254. The first-order chi connectivity index (χ1) is 4.97. The second-order valence-corrected chi connectivity index (χ2v) is 2.31. The second-order valence-electron chi connectivity index (χ2n) is 2.31. The molecular weight excluding hydrogens is 238 g/mol. The van der Waals surface area contributed by atoms with Crippen molar-refractivity contribution >= 4 is 17.8 Å². The molecule has 60 valence electrons. The van der Waals surface area contributed by atoms with Crippen LogP contribution >= 0.6 is 0 Å². The monoisotopic (exact) mass is 242 g/mol. The average Bonchev–Trinajstić information content (AvgIpc) is 2.08. The van der Waals surface area contributed by atoms with E-state index in [0.717, 1.165) is 0 Å². The summed E-state index contributed by atoms with van der Waals surface area (Å²) in [5, 5.41) is 12.0. The summed E-state index contributed by atoms with van der Waals surface area (Å²) in [6.45, 7) is 0. The average molecular weight is 243 g/mol. The molecule has 0 spiro atoms. The Kier molecular flexibility index (Phi) is 4.18. The van der Waals surface area contributed by atoms with Crippen molar-refractivity contribution in [3.05, 3.63) is 0 Å². The normalized spacial score (nSPS) is 27.8. The van der Waals surface area contributed by atoms with Gasteiger partial charge in [0.05, 0.1) is 12.4 Å². The molecule has 12 heavy (non-hydrogen) atoms. The van der Waals surface area contributed by atoms with Gasteiger partial charge in [0.1, 0.15) is 5.54 Å². The largest absolute Gasteiger partial charge is 1.00 e. The number of aliphatic carboxylic acids is 1. The van der Waals surface area contributed by atoms with Gasteiger partial charge < -0.3 is 15.6 Å². The number of hydrogen-bond donors (Lipinski definition) is 2. The minimum Gasteiger partial charge on any atom is -0.548 e. The van der Waals surface area contributed by atoms with Gasteiger partial charge in [0.15, 0.2) is 0 Å². The maximum absolute atomic E-state index is 10.7. The summed E-state index contributed by atoms with van der Waals surface area (Å²) in [6.07, 6.45) is -0.547. The van der Waals surface area contributed by atoms with Gasteiger partial charge in [0, 0.05) is 0 Å². The van der Waals surface area contributed by atoms with E-state index in [4.69, 9.17) is 5.73 Å². The summed E-state index contributed by atoms with van der Waals surface area (Å²) in [4.78, 5) is 31.4. The van der Waals surface area contributed by atoms with Crippen molar-refractivity contribution in [2.75, 3.05) is 0 Å². The Morgan fingerprint density at radius 2 is 2.08 bits per heavy atom. The number of carbonyl (C=O) groups excluding carboxylic acids is 3. The van der Waals surface area contributed by atoms with Crippen LogP contribution in [0.1, 0.15) is 6.42 Å². The predicted molar refractivity (Wildman–Crippen MR) is 29.7 cm³/mol. The number of amides is 2. The fourth-order valence-electron chi connectivity index (χ4n) is 0.781. The zero-order chi connectivity index (χ0) is 8.65. The van der Waals surface area contributed by atoms with Crippen molar-refractivity contribution in [3.63, 3.8) is 0 Å². The molecule has 6 nitrogen and oxygen atoms in total. The van der Waals surface area contributed by atoms with Gasteiger partial charge in [0.25, 0.3) is 5.91 Å². The molecule has 1 heterocycles. The van der Waals surface area contributed by atoms with Crippen LogP contribution in [0.15, 0.2) is 0 Å². The van der Waals surface area contributed by atoms with Crippen LogP contribution in [-0.2, 0) is 14.4 Å². The van der Waals surface area contributed by atoms with Gasteiger partial charge in [-0.15, -0.1) is 0 Å². The summed E-state index contributed by atoms with van der Waals surface area (Å²) in [5.74, 6) is -3.44. The standard InChI is InChI=1S/C5H6N2O4.Rb/c6-5(4(10)11)1-2(8)7-3(5)9;/h1,6H2,(H,10,11)(H,7,8,9);/q;+1/p-1. The summed E-state index contributed by atoms with van der Waals surface area (Å²) < 4.78 is 0. The first-order valence-electron chi connectivity index (χ1n) is 2.81. The van der Waals surface area contributed by atoms with Crippen LogP contribution in [0.25, 0.3) is 0 Å². The van der Waals surface area contributed by atoms with Crippen molar-refractivity contribution in [3.8, 4) is 0 Å². The van der Waals surface area contributed by atoms with Crippen LogP contribution in [0, 0.1) is 0 Å². The number of carboxylic acid groups (broad SMARTS) is 1. The van der Waals surface area contributed by atoms with Crippen LogP contribution in [-0.4, -0.2) is 23.3 Å². The van der Waals surface area contributed by atoms with E-state index in [-0.39, 0.29) is 58.2 Å². The maximum Gasteiger partial charge on any atom is 1.00 e. The second kappa shape index (κ2) is 4.06. The van der Waals surface area contributed by atoms with Gasteiger partial charge in [-0.3, -0.25) is 14.9 Å². The minimum atomic E-state index is -2.17. The number of hydrogen-bond acceptors (Lipinski definition) is 5. The van der Waals surface area contributed by atoms with E-state index in [2.05, 4.69) is 0 Å². The van der Waals surface area contributed by atoms with Crippen LogP contribution in [0.4, 0.5) is 0 Å². The van der Waals surface area contributed by atoms with E-state index in [1.54, 1.807) is 5.32 Å². The number of carboxylic acids is 1. The van der Waals surface area contributed by atoms with Crippen molar-refractivity contribution in [2.24, 2.45) is 5.73 Å². The topological polar surface area (TPSA) is 112 Å². The van der Waals surface area contributed by atoms with Crippen LogP contribution in [0.3, 0.4) is 0 Å². The molecule has 0 radical (unpaired) electrons. The summed E-state index contributed by atoms with van der Waals surface area (Å²) in [5.41, 5.74) is 2.87. The van der Waals surface area contributed by atoms with Gasteiger partial charge in [-0.2, -0.15) is 0 Å². The molecule has 1 rings (SSSR count). The predicted octanol–water partition coefficient (Wildman–Crippen LogP) is -6.52. The van der Waals surface area contributed by atoms with Gasteiger partial charge in [-0.05, 0) is 0 Å². The molecule has 1 unspecified atom stereocenters. The minimum absolute atomic E-state index is 0. The third kappa shape index (κ3) is 2.00. The third-order valence-corrected chi connectivity index (χ3v) is 1.46.